The minimum absolute atomic E-state index is 0.00178. The number of rotatable bonds is 7. The van der Waals surface area contributed by atoms with Gasteiger partial charge in [0, 0.05) is 5.92 Å². The van der Waals surface area contributed by atoms with Crippen LogP contribution in [0.15, 0.2) is 30.3 Å². The third kappa shape index (κ3) is 7.43. The zero-order valence-electron chi connectivity index (χ0n) is 17.1. The third-order valence-electron chi connectivity index (χ3n) is 4.98. The summed E-state index contributed by atoms with van der Waals surface area (Å²) < 4.78 is 39.2. The van der Waals surface area contributed by atoms with Crippen LogP contribution in [0.4, 0.5) is 8.78 Å². The van der Waals surface area contributed by atoms with E-state index < -0.39 is 26.1 Å². The Labute approximate surface area is 162 Å². The van der Waals surface area contributed by atoms with Crippen LogP contribution < -0.4 is 0 Å². The first kappa shape index (κ1) is 23.3. The highest BCUT2D eigenvalue weighted by Crippen LogP contribution is 2.36. The normalized spacial score (nSPS) is 13.5. The first-order valence-corrected chi connectivity index (χ1v) is 12.0. The Balaban J connectivity index is 2.47. The molecule has 3 nitrogen and oxygen atoms in total. The van der Waals surface area contributed by atoms with Gasteiger partial charge >= 0.3 is 11.9 Å². The molecule has 1 rings (SSSR count). The number of alkyl halides is 2. The van der Waals surface area contributed by atoms with Gasteiger partial charge in [-0.25, -0.2) is 4.79 Å². The molecule has 6 heteroatoms. The molecule has 0 spiro atoms. The second-order valence-corrected chi connectivity index (χ2v) is 13.0. The van der Waals surface area contributed by atoms with E-state index in [1.165, 1.54) is 6.92 Å². The number of esters is 1. The highest BCUT2D eigenvalue weighted by Gasteiger charge is 2.37. The van der Waals surface area contributed by atoms with E-state index in [2.05, 4.69) is 39.8 Å². The summed E-state index contributed by atoms with van der Waals surface area (Å²) in [5.74, 6) is -0.207. The minimum atomic E-state index is -3.16. The van der Waals surface area contributed by atoms with Crippen LogP contribution in [0.25, 0.3) is 0 Å². The topological polar surface area (TPSA) is 35.5 Å². The number of hydrogen-bond donors (Lipinski definition) is 0. The van der Waals surface area contributed by atoms with E-state index in [1.54, 1.807) is 30.3 Å². The van der Waals surface area contributed by atoms with E-state index in [0.29, 0.717) is 5.56 Å². The molecule has 0 aromatic heterocycles. The number of benzene rings is 1. The van der Waals surface area contributed by atoms with Gasteiger partial charge in [-0.05, 0) is 42.6 Å². The van der Waals surface area contributed by atoms with Crippen molar-refractivity contribution in [2.75, 3.05) is 13.2 Å². The van der Waals surface area contributed by atoms with Gasteiger partial charge < -0.3 is 9.16 Å². The van der Waals surface area contributed by atoms with Gasteiger partial charge in [0.25, 0.3) is 0 Å². The molecule has 150 valence electrons. The van der Waals surface area contributed by atoms with Crippen molar-refractivity contribution in [3.63, 3.8) is 0 Å². The molecular formula is C21H30F2O3Si. The lowest BCUT2D eigenvalue weighted by molar-refractivity contribution is -0.00600. The maximum atomic E-state index is 14.2. The van der Waals surface area contributed by atoms with Gasteiger partial charge in [-0.3, -0.25) is 0 Å². The lowest BCUT2D eigenvalue weighted by atomic mass is 10.0. The van der Waals surface area contributed by atoms with Crippen LogP contribution in [0, 0.1) is 17.8 Å². The van der Waals surface area contributed by atoms with Gasteiger partial charge in [0.05, 0.1) is 18.8 Å². The van der Waals surface area contributed by atoms with E-state index in [1.807, 2.05) is 5.92 Å². The number of carbonyl (C=O) groups excluding carboxylic acids is 1. The fourth-order valence-corrected chi connectivity index (χ4v) is 2.74. The maximum absolute atomic E-state index is 14.2. The predicted octanol–water partition coefficient (Wildman–Crippen LogP) is 5.53. The molecule has 1 unspecified atom stereocenters. The Morgan fingerprint density at radius 3 is 2.33 bits per heavy atom. The SMILES string of the molecule is CC(CCOC(=O)c1ccccc1)C(F)(F)C#CCO[Si](C)(C)C(C)(C)C. The molecule has 0 amide bonds. The van der Waals surface area contributed by atoms with Gasteiger partial charge in [0.15, 0.2) is 8.32 Å². The van der Waals surface area contributed by atoms with Gasteiger partial charge in [0.2, 0.25) is 0 Å². The van der Waals surface area contributed by atoms with Crippen LogP contribution in [0.3, 0.4) is 0 Å². The molecule has 1 atom stereocenters. The fraction of sp³-hybridized carbons (Fsp3) is 0.571. The molecule has 0 heterocycles. The molecule has 0 bridgehead atoms. The molecule has 0 aliphatic rings. The van der Waals surface area contributed by atoms with Crippen LogP contribution in [0.1, 0.15) is 44.5 Å². The van der Waals surface area contributed by atoms with Gasteiger partial charge in [-0.15, -0.1) is 0 Å². The largest absolute Gasteiger partial charge is 0.462 e. The second-order valence-electron chi connectivity index (χ2n) is 8.17. The van der Waals surface area contributed by atoms with E-state index in [9.17, 15) is 13.6 Å². The van der Waals surface area contributed by atoms with Crippen molar-refractivity contribution in [3.8, 4) is 11.8 Å². The number of hydrogen-bond acceptors (Lipinski definition) is 3. The second kappa shape index (κ2) is 9.47. The summed E-state index contributed by atoms with van der Waals surface area (Å²) in [6.45, 7) is 11.7. The Kier molecular flexibility index (Phi) is 8.18. The zero-order valence-corrected chi connectivity index (χ0v) is 18.1. The summed E-state index contributed by atoms with van der Waals surface area (Å²) in [4.78, 5) is 11.8. The Morgan fingerprint density at radius 1 is 1.19 bits per heavy atom. The summed E-state index contributed by atoms with van der Waals surface area (Å²) >= 11 is 0. The lowest BCUT2D eigenvalue weighted by Crippen LogP contribution is -2.40. The highest BCUT2D eigenvalue weighted by molar-refractivity contribution is 6.74. The van der Waals surface area contributed by atoms with Gasteiger partial charge in [-0.1, -0.05) is 51.8 Å². The Morgan fingerprint density at radius 2 is 1.78 bits per heavy atom. The molecule has 1 aromatic rings. The smallest absolute Gasteiger partial charge is 0.338 e. The molecule has 0 radical (unpaired) electrons. The van der Waals surface area contributed by atoms with Crippen LogP contribution in [-0.2, 0) is 9.16 Å². The van der Waals surface area contributed by atoms with Crippen LogP contribution >= 0.6 is 0 Å². The van der Waals surface area contributed by atoms with Gasteiger partial charge in [0.1, 0.15) is 0 Å². The molecule has 0 aliphatic heterocycles. The van der Waals surface area contributed by atoms with Crippen LogP contribution in [0.2, 0.25) is 18.1 Å². The third-order valence-corrected chi connectivity index (χ3v) is 9.46. The first-order valence-electron chi connectivity index (χ1n) is 9.11. The quantitative estimate of drug-likeness (QED) is 0.345. The summed E-state index contributed by atoms with van der Waals surface area (Å²) in [5.41, 5.74) is 0.402. The highest BCUT2D eigenvalue weighted by atomic mass is 28.4. The molecule has 0 saturated heterocycles. The van der Waals surface area contributed by atoms with Crippen molar-refractivity contribution >= 4 is 14.3 Å². The molecule has 0 aliphatic carbocycles. The van der Waals surface area contributed by atoms with E-state index in [4.69, 9.17) is 9.16 Å². The lowest BCUT2D eigenvalue weighted by Gasteiger charge is -2.35. The first-order chi connectivity index (χ1) is 12.4. The van der Waals surface area contributed by atoms with E-state index in [0.717, 1.165) is 0 Å². The molecular weight excluding hydrogens is 366 g/mol. The van der Waals surface area contributed by atoms with Crippen molar-refractivity contribution in [3.05, 3.63) is 35.9 Å². The van der Waals surface area contributed by atoms with Crippen molar-refractivity contribution in [1.29, 1.82) is 0 Å². The Hall–Kier alpha value is -1.71. The van der Waals surface area contributed by atoms with Crippen molar-refractivity contribution in [2.45, 2.75) is 58.2 Å². The summed E-state index contributed by atoms with van der Waals surface area (Å²) in [6, 6.07) is 8.46. The van der Waals surface area contributed by atoms with E-state index >= 15 is 0 Å². The fourth-order valence-electron chi connectivity index (χ4n) is 1.88. The van der Waals surface area contributed by atoms with E-state index in [-0.39, 0.29) is 24.7 Å². The van der Waals surface area contributed by atoms with Crippen molar-refractivity contribution < 1.29 is 22.7 Å². The molecule has 1 aromatic carbocycles. The monoisotopic (exact) mass is 396 g/mol. The summed E-state index contributed by atoms with van der Waals surface area (Å²) in [5, 5.41) is 0.00706. The maximum Gasteiger partial charge on any atom is 0.338 e. The Bertz CT molecular complexity index is 670. The molecule has 0 N–H and O–H groups in total. The van der Waals surface area contributed by atoms with Crippen LogP contribution in [-0.4, -0.2) is 33.4 Å². The van der Waals surface area contributed by atoms with Crippen molar-refractivity contribution in [1.82, 2.24) is 0 Å². The summed E-state index contributed by atoms with van der Waals surface area (Å²) in [6.07, 6.45) is 0.0311. The number of ether oxygens (including phenoxy) is 1. The van der Waals surface area contributed by atoms with Gasteiger partial charge in [-0.2, -0.15) is 8.78 Å². The average molecular weight is 397 g/mol. The zero-order chi connectivity index (χ0) is 20.7. The number of carbonyl (C=O) groups is 1. The standard InChI is InChI=1S/C21H30F2O3Si/c1-17(13-16-25-19(24)18-11-8-7-9-12-18)21(22,23)14-10-15-26-27(5,6)20(2,3)4/h7-9,11-12,17H,13,15-16H2,1-6H3. The minimum Gasteiger partial charge on any atom is -0.462 e. The van der Waals surface area contributed by atoms with Crippen molar-refractivity contribution in [2.24, 2.45) is 5.92 Å². The number of halogens is 2. The van der Waals surface area contributed by atoms with Crippen LogP contribution in [0.5, 0.6) is 0 Å². The molecule has 27 heavy (non-hydrogen) atoms. The average Bonchev–Trinajstić information content (AvgIpc) is 2.58. The predicted molar refractivity (Wildman–Crippen MR) is 106 cm³/mol. The molecule has 0 fully saturated rings. The molecule has 0 saturated carbocycles. The summed E-state index contributed by atoms with van der Waals surface area (Å²) in [7, 11) is -2.00.